The van der Waals surface area contributed by atoms with Crippen LogP contribution in [0.4, 0.5) is 10.5 Å². The van der Waals surface area contributed by atoms with E-state index in [0.717, 1.165) is 27.2 Å². The van der Waals surface area contributed by atoms with E-state index in [-0.39, 0.29) is 5.57 Å². The van der Waals surface area contributed by atoms with Crippen LogP contribution < -0.4 is 10.2 Å². The van der Waals surface area contributed by atoms with Crippen LogP contribution in [0.2, 0.25) is 0 Å². The molecule has 1 heterocycles. The van der Waals surface area contributed by atoms with Crippen molar-refractivity contribution in [1.82, 2.24) is 5.32 Å². The predicted molar refractivity (Wildman–Crippen MR) is 117 cm³/mol. The maximum atomic E-state index is 13.0. The summed E-state index contributed by atoms with van der Waals surface area (Å²) in [5.41, 5.74) is 5.00. The van der Waals surface area contributed by atoms with E-state index in [2.05, 4.69) is 5.32 Å². The molecule has 30 heavy (non-hydrogen) atoms. The van der Waals surface area contributed by atoms with Crippen molar-refractivity contribution in [2.75, 3.05) is 4.90 Å². The fourth-order valence-electron chi connectivity index (χ4n) is 3.54. The summed E-state index contributed by atoms with van der Waals surface area (Å²) in [6.07, 6.45) is 1.51. The van der Waals surface area contributed by atoms with Crippen molar-refractivity contribution < 1.29 is 14.4 Å². The number of aryl methyl sites for hydroxylation is 2. The molecule has 3 aromatic carbocycles. The molecular weight excluding hydrogens is 376 g/mol. The number of hydrogen-bond acceptors (Lipinski definition) is 3. The third-order valence-electron chi connectivity index (χ3n) is 4.90. The van der Waals surface area contributed by atoms with E-state index in [1.807, 2.05) is 74.5 Å². The first-order valence-electron chi connectivity index (χ1n) is 9.57. The molecule has 1 N–H and O–H groups in total. The lowest BCUT2D eigenvalue weighted by molar-refractivity contribution is -0.122. The molecule has 5 nitrogen and oxygen atoms in total. The standard InChI is InChI=1S/C25H20N2O3/c1-16-12-17(2)14-21(13-16)27-24(29)22(23(28)26-25(27)30)15-18-8-10-20(11-9-18)19-6-4-3-5-7-19/h3-15H,1-2H3,(H,26,28,30)/b22-15+. The average Bonchev–Trinajstić information content (AvgIpc) is 2.71. The second-order valence-electron chi connectivity index (χ2n) is 7.29. The first-order chi connectivity index (χ1) is 14.4. The molecule has 1 fully saturated rings. The fraction of sp³-hybridized carbons (Fsp3) is 0.0800. The smallest absolute Gasteiger partial charge is 0.273 e. The summed E-state index contributed by atoms with van der Waals surface area (Å²) < 4.78 is 0. The van der Waals surface area contributed by atoms with E-state index in [0.29, 0.717) is 11.3 Å². The number of barbiturate groups is 1. The molecule has 4 rings (SSSR count). The third kappa shape index (κ3) is 3.78. The van der Waals surface area contributed by atoms with Gasteiger partial charge in [-0.1, -0.05) is 60.7 Å². The van der Waals surface area contributed by atoms with Gasteiger partial charge in [-0.25, -0.2) is 9.69 Å². The summed E-state index contributed by atoms with van der Waals surface area (Å²) in [4.78, 5) is 38.8. The highest BCUT2D eigenvalue weighted by molar-refractivity contribution is 6.39. The maximum absolute atomic E-state index is 13.0. The Labute approximate surface area is 174 Å². The normalized spacial score (nSPS) is 15.5. The molecule has 4 amide bonds. The van der Waals surface area contributed by atoms with Gasteiger partial charge in [0.25, 0.3) is 11.8 Å². The number of anilines is 1. The van der Waals surface area contributed by atoms with E-state index < -0.39 is 17.8 Å². The van der Waals surface area contributed by atoms with Gasteiger partial charge in [0, 0.05) is 0 Å². The minimum Gasteiger partial charge on any atom is -0.273 e. The number of carbonyl (C=O) groups is 3. The molecule has 0 bridgehead atoms. The van der Waals surface area contributed by atoms with Gasteiger partial charge in [0.15, 0.2) is 0 Å². The van der Waals surface area contributed by atoms with Crippen molar-refractivity contribution in [3.05, 3.63) is 95.1 Å². The van der Waals surface area contributed by atoms with Gasteiger partial charge in [0.2, 0.25) is 0 Å². The van der Waals surface area contributed by atoms with Crippen molar-refractivity contribution >= 4 is 29.6 Å². The number of carbonyl (C=O) groups excluding carboxylic acids is 3. The summed E-state index contributed by atoms with van der Waals surface area (Å²) in [5.74, 6) is -1.33. The largest absolute Gasteiger partial charge is 0.335 e. The monoisotopic (exact) mass is 396 g/mol. The molecule has 5 heteroatoms. The summed E-state index contributed by atoms with van der Waals surface area (Å²) in [5, 5.41) is 2.26. The quantitative estimate of drug-likeness (QED) is 0.518. The van der Waals surface area contributed by atoms with Crippen LogP contribution in [0.1, 0.15) is 16.7 Å². The van der Waals surface area contributed by atoms with E-state index in [1.165, 1.54) is 6.08 Å². The molecule has 1 aliphatic heterocycles. The van der Waals surface area contributed by atoms with Gasteiger partial charge >= 0.3 is 6.03 Å². The molecular formula is C25H20N2O3. The summed E-state index contributed by atoms with van der Waals surface area (Å²) in [7, 11) is 0. The van der Waals surface area contributed by atoms with Gasteiger partial charge in [0.1, 0.15) is 5.57 Å². The van der Waals surface area contributed by atoms with Crippen LogP contribution in [0.25, 0.3) is 17.2 Å². The van der Waals surface area contributed by atoms with Crippen molar-refractivity contribution in [1.29, 1.82) is 0 Å². The second-order valence-corrected chi connectivity index (χ2v) is 7.29. The highest BCUT2D eigenvalue weighted by Crippen LogP contribution is 2.25. The number of nitrogens with one attached hydrogen (secondary N) is 1. The molecule has 148 valence electrons. The number of hydrogen-bond donors (Lipinski definition) is 1. The van der Waals surface area contributed by atoms with Crippen LogP contribution in [-0.2, 0) is 9.59 Å². The maximum Gasteiger partial charge on any atom is 0.335 e. The van der Waals surface area contributed by atoms with Crippen molar-refractivity contribution in [3.63, 3.8) is 0 Å². The number of rotatable bonds is 3. The van der Waals surface area contributed by atoms with Crippen LogP contribution in [0.5, 0.6) is 0 Å². The van der Waals surface area contributed by atoms with Crippen molar-refractivity contribution in [2.24, 2.45) is 0 Å². The van der Waals surface area contributed by atoms with Crippen LogP contribution in [0, 0.1) is 13.8 Å². The lowest BCUT2D eigenvalue weighted by Gasteiger charge is -2.27. The first-order valence-corrected chi connectivity index (χ1v) is 9.57. The highest BCUT2D eigenvalue weighted by Gasteiger charge is 2.36. The molecule has 1 aliphatic rings. The third-order valence-corrected chi connectivity index (χ3v) is 4.90. The summed E-state index contributed by atoms with van der Waals surface area (Å²) in [6, 6.07) is 22.2. The summed E-state index contributed by atoms with van der Waals surface area (Å²) in [6.45, 7) is 3.78. The Morgan fingerprint density at radius 3 is 2.00 bits per heavy atom. The van der Waals surface area contributed by atoms with Gasteiger partial charge in [-0.2, -0.15) is 0 Å². The Bertz CT molecular complexity index is 1160. The van der Waals surface area contributed by atoms with Gasteiger partial charge in [-0.05, 0) is 59.9 Å². The Balaban J connectivity index is 1.67. The van der Waals surface area contributed by atoms with E-state index in [9.17, 15) is 14.4 Å². The molecule has 0 radical (unpaired) electrons. The second kappa shape index (κ2) is 7.79. The minimum atomic E-state index is -0.744. The Kier molecular flexibility index (Phi) is 5.02. The zero-order chi connectivity index (χ0) is 21.3. The Morgan fingerprint density at radius 1 is 0.767 bits per heavy atom. The number of imide groups is 2. The van der Waals surface area contributed by atoms with E-state index in [1.54, 1.807) is 12.1 Å². The van der Waals surface area contributed by atoms with E-state index in [4.69, 9.17) is 0 Å². The molecule has 3 aromatic rings. The minimum absolute atomic E-state index is 0.0822. The van der Waals surface area contributed by atoms with Crippen LogP contribution in [0.3, 0.4) is 0 Å². The Morgan fingerprint density at radius 2 is 1.37 bits per heavy atom. The molecule has 0 unspecified atom stereocenters. The molecule has 0 spiro atoms. The highest BCUT2D eigenvalue weighted by atomic mass is 16.2. The molecule has 0 aromatic heterocycles. The number of benzene rings is 3. The molecule has 0 saturated carbocycles. The van der Waals surface area contributed by atoms with Crippen molar-refractivity contribution in [2.45, 2.75) is 13.8 Å². The Hall–Kier alpha value is -3.99. The van der Waals surface area contributed by atoms with Gasteiger partial charge in [-0.15, -0.1) is 0 Å². The topological polar surface area (TPSA) is 66.5 Å². The SMILES string of the molecule is Cc1cc(C)cc(N2C(=O)NC(=O)/C(=C\c3ccc(-c4ccccc4)cc3)C2=O)c1. The van der Waals surface area contributed by atoms with Gasteiger partial charge in [0.05, 0.1) is 5.69 Å². The zero-order valence-electron chi connectivity index (χ0n) is 16.7. The number of nitrogens with zero attached hydrogens (tertiary/aromatic N) is 1. The molecule has 0 aliphatic carbocycles. The molecule has 1 saturated heterocycles. The average molecular weight is 396 g/mol. The fourth-order valence-corrected chi connectivity index (χ4v) is 3.54. The molecule has 0 atom stereocenters. The van der Waals surface area contributed by atoms with Crippen LogP contribution >= 0.6 is 0 Å². The number of urea groups is 1. The van der Waals surface area contributed by atoms with E-state index >= 15 is 0 Å². The van der Waals surface area contributed by atoms with Crippen LogP contribution in [0.15, 0.2) is 78.4 Å². The summed E-state index contributed by atoms with van der Waals surface area (Å²) >= 11 is 0. The van der Waals surface area contributed by atoms with Crippen LogP contribution in [-0.4, -0.2) is 17.8 Å². The van der Waals surface area contributed by atoms with Gasteiger partial charge in [-0.3, -0.25) is 14.9 Å². The van der Waals surface area contributed by atoms with Crippen molar-refractivity contribution in [3.8, 4) is 11.1 Å². The zero-order valence-corrected chi connectivity index (χ0v) is 16.7. The lowest BCUT2D eigenvalue weighted by Crippen LogP contribution is -2.54. The predicted octanol–water partition coefficient (Wildman–Crippen LogP) is 4.64. The first kappa shape index (κ1) is 19.3. The number of amides is 4. The lowest BCUT2D eigenvalue weighted by atomic mass is 10.0. The van der Waals surface area contributed by atoms with Gasteiger partial charge < -0.3 is 0 Å².